The highest BCUT2D eigenvalue weighted by Crippen LogP contribution is 2.32. The lowest BCUT2D eigenvalue weighted by molar-refractivity contribution is -0.151. The monoisotopic (exact) mass is 383 g/mol. The van der Waals surface area contributed by atoms with E-state index in [9.17, 15) is 9.90 Å². The molecule has 1 rings (SSSR count). The standard InChI is InChI=1S/C23H45NO3/c1-4-23(3,26)21-15-10-6-5-8-13-20(14-9-7-11-16-21)19(2)27-22(25)17-12-18-24/h19-21,26H,4-18,24H2,1-3H3. The molecule has 4 heteroatoms. The van der Waals surface area contributed by atoms with Gasteiger partial charge in [0.1, 0.15) is 6.10 Å². The van der Waals surface area contributed by atoms with E-state index in [1.165, 1.54) is 44.9 Å². The Morgan fingerprint density at radius 2 is 1.59 bits per heavy atom. The average Bonchev–Trinajstić information content (AvgIpc) is 2.66. The molecule has 0 aliphatic heterocycles. The third kappa shape index (κ3) is 9.94. The Balaban J connectivity index is 2.53. The van der Waals surface area contributed by atoms with Crippen molar-refractivity contribution < 1.29 is 14.6 Å². The van der Waals surface area contributed by atoms with Crippen molar-refractivity contribution in [2.45, 2.75) is 122 Å². The lowest BCUT2D eigenvalue weighted by Crippen LogP contribution is -2.33. The highest BCUT2D eigenvalue weighted by molar-refractivity contribution is 5.69. The number of nitrogens with two attached hydrogens (primary N) is 1. The van der Waals surface area contributed by atoms with Crippen molar-refractivity contribution in [2.24, 2.45) is 17.6 Å². The first-order chi connectivity index (χ1) is 12.9. The molecule has 0 spiro atoms. The van der Waals surface area contributed by atoms with Gasteiger partial charge in [0.05, 0.1) is 5.60 Å². The zero-order valence-electron chi connectivity index (χ0n) is 18.2. The number of carbonyl (C=O) groups excluding carboxylic acids is 1. The Morgan fingerprint density at radius 3 is 2.11 bits per heavy atom. The number of aliphatic hydroxyl groups is 1. The van der Waals surface area contributed by atoms with Gasteiger partial charge in [-0.15, -0.1) is 0 Å². The topological polar surface area (TPSA) is 72.5 Å². The van der Waals surface area contributed by atoms with Gasteiger partial charge in [-0.3, -0.25) is 4.79 Å². The maximum Gasteiger partial charge on any atom is 0.306 e. The predicted octanol–water partition coefficient (Wildman–Crippen LogP) is 5.36. The van der Waals surface area contributed by atoms with Crippen molar-refractivity contribution in [1.82, 2.24) is 0 Å². The van der Waals surface area contributed by atoms with E-state index in [0.717, 1.165) is 32.1 Å². The van der Waals surface area contributed by atoms with Gasteiger partial charge in [0, 0.05) is 6.42 Å². The summed E-state index contributed by atoms with van der Waals surface area (Å²) in [6.07, 6.45) is 15.1. The van der Waals surface area contributed by atoms with Crippen LogP contribution in [0, 0.1) is 11.8 Å². The number of ether oxygens (including phenoxy) is 1. The average molecular weight is 384 g/mol. The van der Waals surface area contributed by atoms with Gasteiger partial charge in [0.25, 0.3) is 0 Å². The molecule has 0 amide bonds. The van der Waals surface area contributed by atoms with Crippen LogP contribution >= 0.6 is 0 Å². The minimum absolute atomic E-state index is 0.00831. The first-order valence-electron chi connectivity index (χ1n) is 11.5. The fourth-order valence-corrected chi connectivity index (χ4v) is 4.40. The van der Waals surface area contributed by atoms with Crippen molar-refractivity contribution in [2.75, 3.05) is 6.54 Å². The van der Waals surface area contributed by atoms with Crippen LogP contribution in [0.5, 0.6) is 0 Å². The van der Waals surface area contributed by atoms with Crippen LogP contribution in [0.3, 0.4) is 0 Å². The number of esters is 1. The summed E-state index contributed by atoms with van der Waals surface area (Å²) in [6.45, 7) is 6.73. The van der Waals surface area contributed by atoms with E-state index >= 15 is 0 Å². The fraction of sp³-hybridized carbons (Fsp3) is 0.957. The van der Waals surface area contributed by atoms with Crippen LogP contribution in [0.2, 0.25) is 0 Å². The molecule has 0 aromatic heterocycles. The van der Waals surface area contributed by atoms with Crippen molar-refractivity contribution in [1.29, 1.82) is 0 Å². The van der Waals surface area contributed by atoms with E-state index in [2.05, 4.69) is 13.8 Å². The molecule has 0 aromatic carbocycles. The second-order valence-corrected chi connectivity index (χ2v) is 8.88. The molecule has 0 heterocycles. The minimum atomic E-state index is -0.519. The summed E-state index contributed by atoms with van der Waals surface area (Å²) in [5.41, 5.74) is 4.96. The molecule has 1 saturated carbocycles. The molecule has 0 radical (unpaired) electrons. The molecule has 1 fully saturated rings. The Morgan fingerprint density at radius 1 is 1.07 bits per heavy atom. The predicted molar refractivity (Wildman–Crippen MR) is 113 cm³/mol. The van der Waals surface area contributed by atoms with Crippen molar-refractivity contribution in [3.8, 4) is 0 Å². The highest BCUT2D eigenvalue weighted by Gasteiger charge is 2.29. The smallest absolute Gasteiger partial charge is 0.306 e. The first kappa shape index (κ1) is 24.4. The quantitative estimate of drug-likeness (QED) is 0.581. The van der Waals surface area contributed by atoms with Crippen molar-refractivity contribution >= 4 is 5.97 Å². The number of rotatable bonds is 7. The van der Waals surface area contributed by atoms with E-state index < -0.39 is 5.60 Å². The van der Waals surface area contributed by atoms with Crippen LogP contribution < -0.4 is 5.73 Å². The van der Waals surface area contributed by atoms with Crippen LogP contribution in [-0.2, 0) is 9.53 Å². The van der Waals surface area contributed by atoms with Crippen molar-refractivity contribution in [3.63, 3.8) is 0 Å². The Hall–Kier alpha value is -0.610. The maximum absolute atomic E-state index is 11.9. The zero-order valence-corrected chi connectivity index (χ0v) is 18.2. The van der Waals surface area contributed by atoms with E-state index in [0.29, 0.717) is 31.2 Å². The molecule has 160 valence electrons. The lowest BCUT2D eigenvalue weighted by atomic mass is 9.79. The molecule has 0 saturated heterocycles. The Bertz CT molecular complexity index is 397. The minimum Gasteiger partial charge on any atom is -0.462 e. The maximum atomic E-state index is 11.9. The lowest BCUT2D eigenvalue weighted by Gasteiger charge is -2.32. The summed E-state index contributed by atoms with van der Waals surface area (Å²) in [5, 5.41) is 10.7. The summed E-state index contributed by atoms with van der Waals surface area (Å²) in [4.78, 5) is 11.9. The summed E-state index contributed by atoms with van der Waals surface area (Å²) in [6, 6.07) is 0. The van der Waals surface area contributed by atoms with Crippen LogP contribution in [0.1, 0.15) is 111 Å². The van der Waals surface area contributed by atoms with Crippen LogP contribution in [-0.4, -0.2) is 29.3 Å². The molecule has 1 aliphatic rings. The van der Waals surface area contributed by atoms with Crippen molar-refractivity contribution in [3.05, 3.63) is 0 Å². The summed E-state index contributed by atoms with van der Waals surface area (Å²) in [5.74, 6) is 0.809. The molecule has 4 nitrogen and oxygen atoms in total. The summed E-state index contributed by atoms with van der Waals surface area (Å²) < 4.78 is 5.69. The second-order valence-electron chi connectivity index (χ2n) is 8.88. The Labute approximate surface area is 167 Å². The number of hydrogen-bond acceptors (Lipinski definition) is 4. The zero-order chi connectivity index (χ0) is 20.1. The SMILES string of the molecule is CCC(C)(O)C1CCCCCCC(C(C)OC(=O)CCCN)CCCCC1. The van der Waals surface area contributed by atoms with E-state index in [1.54, 1.807) is 0 Å². The third-order valence-corrected chi connectivity index (χ3v) is 6.67. The molecular weight excluding hydrogens is 338 g/mol. The van der Waals surface area contributed by atoms with Gasteiger partial charge in [0.15, 0.2) is 0 Å². The van der Waals surface area contributed by atoms with E-state index in [-0.39, 0.29) is 12.1 Å². The molecule has 4 unspecified atom stereocenters. The van der Waals surface area contributed by atoms with Crippen LogP contribution in [0.4, 0.5) is 0 Å². The van der Waals surface area contributed by atoms with E-state index in [4.69, 9.17) is 10.5 Å². The largest absolute Gasteiger partial charge is 0.462 e. The third-order valence-electron chi connectivity index (χ3n) is 6.67. The molecule has 0 bridgehead atoms. The summed E-state index contributed by atoms with van der Waals surface area (Å²) in [7, 11) is 0. The van der Waals surface area contributed by atoms with Crippen LogP contribution in [0.15, 0.2) is 0 Å². The van der Waals surface area contributed by atoms with Gasteiger partial charge in [-0.1, -0.05) is 51.9 Å². The molecule has 0 aromatic rings. The first-order valence-corrected chi connectivity index (χ1v) is 11.5. The van der Waals surface area contributed by atoms with Gasteiger partial charge in [0.2, 0.25) is 0 Å². The van der Waals surface area contributed by atoms with Gasteiger partial charge in [-0.25, -0.2) is 0 Å². The number of carbonyl (C=O) groups is 1. The van der Waals surface area contributed by atoms with Crippen LogP contribution in [0.25, 0.3) is 0 Å². The molecular formula is C23H45NO3. The van der Waals surface area contributed by atoms with Gasteiger partial charge in [-0.2, -0.15) is 0 Å². The Kier molecular flexibility index (Phi) is 12.3. The molecule has 4 atom stereocenters. The highest BCUT2D eigenvalue weighted by atomic mass is 16.5. The molecule has 1 aliphatic carbocycles. The molecule has 3 N–H and O–H groups in total. The normalized spacial score (nSPS) is 26.7. The van der Waals surface area contributed by atoms with E-state index in [1.807, 2.05) is 6.92 Å². The van der Waals surface area contributed by atoms with Gasteiger partial charge >= 0.3 is 5.97 Å². The van der Waals surface area contributed by atoms with Gasteiger partial charge in [-0.05, 0) is 70.8 Å². The van der Waals surface area contributed by atoms with Gasteiger partial charge < -0.3 is 15.6 Å². The number of hydrogen-bond donors (Lipinski definition) is 2. The summed E-state index contributed by atoms with van der Waals surface area (Å²) >= 11 is 0. The molecule has 27 heavy (non-hydrogen) atoms. The second kappa shape index (κ2) is 13.5. The fourth-order valence-electron chi connectivity index (χ4n) is 4.40.